The number of amides is 1. The molecule has 0 aromatic heterocycles. The molecule has 0 spiro atoms. The molecule has 4 nitrogen and oxygen atoms in total. The van der Waals surface area contributed by atoms with Gasteiger partial charge in [0.05, 0.1) is 6.10 Å². The summed E-state index contributed by atoms with van der Waals surface area (Å²) in [6.07, 6.45) is 3.10. The molecule has 1 saturated heterocycles. The zero-order valence-electron chi connectivity index (χ0n) is 13.9. The van der Waals surface area contributed by atoms with Gasteiger partial charge in [0.1, 0.15) is 5.75 Å². The summed E-state index contributed by atoms with van der Waals surface area (Å²) in [5, 5.41) is 6.35. The van der Waals surface area contributed by atoms with Crippen LogP contribution in [0.15, 0.2) is 24.3 Å². The molecular formula is C18H28N2O2. The standard InChI is InChI=1S/C18H28N2O2/c1-13(2)22-17-6-4-16(5-7-17)20-18(21)12-14(3)15-8-10-19-11-9-15/h4-7,13-15,19H,8-12H2,1-3H3,(H,20,21). The van der Waals surface area contributed by atoms with Crippen LogP contribution in [-0.4, -0.2) is 25.1 Å². The number of anilines is 1. The van der Waals surface area contributed by atoms with Gasteiger partial charge in [-0.3, -0.25) is 4.79 Å². The average Bonchev–Trinajstić information content (AvgIpc) is 2.49. The van der Waals surface area contributed by atoms with Crippen LogP contribution < -0.4 is 15.4 Å². The maximum absolute atomic E-state index is 12.2. The lowest BCUT2D eigenvalue weighted by atomic mass is 9.84. The van der Waals surface area contributed by atoms with Crippen molar-refractivity contribution < 1.29 is 9.53 Å². The fraction of sp³-hybridized carbons (Fsp3) is 0.611. The monoisotopic (exact) mass is 304 g/mol. The minimum absolute atomic E-state index is 0.101. The summed E-state index contributed by atoms with van der Waals surface area (Å²) >= 11 is 0. The lowest BCUT2D eigenvalue weighted by Gasteiger charge is -2.27. The van der Waals surface area contributed by atoms with Gasteiger partial charge in [0, 0.05) is 12.1 Å². The molecule has 0 bridgehead atoms. The minimum Gasteiger partial charge on any atom is -0.491 e. The molecule has 2 rings (SSSR count). The Bertz CT molecular complexity index is 464. The second kappa shape index (κ2) is 8.18. The second-order valence-electron chi connectivity index (χ2n) is 6.51. The highest BCUT2D eigenvalue weighted by Crippen LogP contribution is 2.25. The van der Waals surface area contributed by atoms with E-state index in [1.165, 1.54) is 12.8 Å². The molecule has 1 aliphatic rings. The normalized spacial score (nSPS) is 17.3. The van der Waals surface area contributed by atoms with Crippen molar-refractivity contribution >= 4 is 11.6 Å². The molecule has 2 N–H and O–H groups in total. The van der Waals surface area contributed by atoms with Gasteiger partial charge in [-0.2, -0.15) is 0 Å². The van der Waals surface area contributed by atoms with Crippen LogP contribution in [0.4, 0.5) is 5.69 Å². The minimum atomic E-state index is 0.101. The molecule has 1 fully saturated rings. The zero-order valence-corrected chi connectivity index (χ0v) is 13.9. The fourth-order valence-electron chi connectivity index (χ4n) is 2.97. The van der Waals surface area contributed by atoms with Crippen molar-refractivity contribution in [3.63, 3.8) is 0 Å². The van der Waals surface area contributed by atoms with Gasteiger partial charge in [-0.25, -0.2) is 0 Å². The molecule has 22 heavy (non-hydrogen) atoms. The van der Waals surface area contributed by atoms with Crippen molar-refractivity contribution in [1.29, 1.82) is 0 Å². The van der Waals surface area contributed by atoms with E-state index >= 15 is 0 Å². The van der Waals surface area contributed by atoms with E-state index in [-0.39, 0.29) is 12.0 Å². The number of rotatable bonds is 6. The van der Waals surface area contributed by atoms with Gasteiger partial charge in [-0.15, -0.1) is 0 Å². The van der Waals surface area contributed by atoms with Crippen molar-refractivity contribution in [3.8, 4) is 5.75 Å². The molecule has 1 unspecified atom stereocenters. The summed E-state index contributed by atoms with van der Waals surface area (Å²) in [6, 6.07) is 7.58. The molecule has 1 amide bonds. The lowest BCUT2D eigenvalue weighted by molar-refractivity contribution is -0.117. The Morgan fingerprint density at radius 2 is 1.86 bits per heavy atom. The summed E-state index contributed by atoms with van der Waals surface area (Å²) in [4.78, 5) is 12.2. The average molecular weight is 304 g/mol. The quantitative estimate of drug-likeness (QED) is 0.846. The SMILES string of the molecule is CC(C)Oc1ccc(NC(=O)CC(C)C2CCNCC2)cc1. The first-order valence-corrected chi connectivity index (χ1v) is 8.32. The number of hydrogen-bond donors (Lipinski definition) is 2. The molecule has 122 valence electrons. The maximum Gasteiger partial charge on any atom is 0.224 e. The predicted molar refractivity (Wildman–Crippen MR) is 90.2 cm³/mol. The summed E-state index contributed by atoms with van der Waals surface area (Å²) in [6.45, 7) is 8.34. The Morgan fingerprint density at radius 3 is 2.45 bits per heavy atom. The van der Waals surface area contributed by atoms with E-state index in [0.717, 1.165) is 24.5 Å². The summed E-state index contributed by atoms with van der Waals surface area (Å²) < 4.78 is 5.60. The van der Waals surface area contributed by atoms with Crippen molar-refractivity contribution in [1.82, 2.24) is 5.32 Å². The van der Waals surface area contributed by atoms with E-state index in [2.05, 4.69) is 17.6 Å². The lowest BCUT2D eigenvalue weighted by Crippen LogP contribution is -2.32. The zero-order chi connectivity index (χ0) is 15.9. The molecule has 1 aliphatic heterocycles. The highest BCUT2D eigenvalue weighted by atomic mass is 16.5. The first kappa shape index (κ1) is 16.8. The Balaban J connectivity index is 1.80. The van der Waals surface area contributed by atoms with Gasteiger partial charge in [-0.05, 0) is 75.9 Å². The Hall–Kier alpha value is -1.55. The van der Waals surface area contributed by atoms with Gasteiger partial charge >= 0.3 is 0 Å². The number of benzene rings is 1. The second-order valence-corrected chi connectivity index (χ2v) is 6.51. The smallest absolute Gasteiger partial charge is 0.224 e. The maximum atomic E-state index is 12.2. The fourth-order valence-corrected chi connectivity index (χ4v) is 2.97. The largest absolute Gasteiger partial charge is 0.491 e. The van der Waals surface area contributed by atoms with Gasteiger partial charge < -0.3 is 15.4 Å². The van der Waals surface area contributed by atoms with Crippen LogP contribution in [0.25, 0.3) is 0 Å². The first-order valence-electron chi connectivity index (χ1n) is 8.32. The third-order valence-electron chi connectivity index (χ3n) is 4.21. The van der Waals surface area contributed by atoms with E-state index in [1.54, 1.807) is 0 Å². The number of carbonyl (C=O) groups is 1. The Kier molecular flexibility index (Phi) is 6.25. The van der Waals surface area contributed by atoms with E-state index in [4.69, 9.17) is 4.74 Å². The molecule has 0 aliphatic carbocycles. The van der Waals surface area contributed by atoms with E-state index < -0.39 is 0 Å². The number of nitrogens with one attached hydrogen (secondary N) is 2. The van der Waals surface area contributed by atoms with Crippen LogP contribution in [0.2, 0.25) is 0 Å². The van der Waals surface area contributed by atoms with Crippen LogP contribution >= 0.6 is 0 Å². The third kappa shape index (κ3) is 5.34. The number of ether oxygens (including phenoxy) is 1. The summed E-state index contributed by atoms with van der Waals surface area (Å²) in [7, 11) is 0. The summed E-state index contributed by atoms with van der Waals surface area (Å²) in [5.74, 6) is 2.03. The predicted octanol–water partition coefficient (Wildman–Crippen LogP) is 3.44. The van der Waals surface area contributed by atoms with Crippen LogP contribution in [0.3, 0.4) is 0 Å². The van der Waals surface area contributed by atoms with E-state index in [1.807, 2.05) is 38.1 Å². The first-order chi connectivity index (χ1) is 10.5. The van der Waals surface area contributed by atoms with Crippen molar-refractivity contribution in [2.45, 2.75) is 46.1 Å². The summed E-state index contributed by atoms with van der Waals surface area (Å²) in [5.41, 5.74) is 0.832. The molecule has 1 atom stereocenters. The van der Waals surface area contributed by atoms with Gasteiger partial charge in [0.25, 0.3) is 0 Å². The van der Waals surface area contributed by atoms with E-state index in [0.29, 0.717) is 18.3 Å². The van der Waals surface area contributed by atoms with Crippen molar-refractivity contribution in [3.05, 3.63) is 24.3 Å². The van der Waals surface area contributed by atoms with Gasteiger partial charge in [0.15, 0.2) is 0 Å². The Labute approximate surface area is 133 Å². The van der Waals surface area contributed by atoms with Gasteiger partial charge in [-0.1, -0.05) is 6.92 Å². The molecule has 0 radical (unpaired) electrons. The van der Waals surface area contributed by atoms with Crippen LogP contribution in [0.1, 0.15) is 40.0 Å². The molecule has 1 heterocycles. The number of piperidine rings is 1. The molecule has 1 aromatic carbocycles. The highest BCUT2D eigenvalue weighted by molar-refractivity contribution is 5.90. The van der Waals surface area contributed by atoms with Crippen LogP contribution in [0.5, 0.6) is 5.75 Å². The number of hydrogen-bond acceptors (Lipinski definition) is 3. The van der Waals surface area contributed by atoms with Crippen LogP contribution in [0, 0.1) is 11.8 Å². The number of carbonyl (C=O) groups excluding carboxylic acids is 1. The third-order valence-corrected chi connectivity index (χ3v) is 4.21. The molecular weight excluding hydrogens is 276 g/mol. The van der Waals surface area contributed by atoms with E-state index in [9.17, 15) is 4.79 Å². The van der Waals surface area contributed by atoms with Crippen molar-refractivity contribution in [2.75, 3.05) is 18.4 Å². The highest BCUT2D eigenvalue weighted by Gasteiger charge is 2.21. The molecule has 4 heteroatoms. The van der Waals surface area contributed by atoms with Crippen molar-refractivity contribution in [2.24, 2.45) is 11.8 Å². The van der Waals surface area contributed by atoms with Crippen LogP contribution in [-0.2, 0) is 4.79 Å². The topological polar surface area (TPSA) is 50.4 Å². The molecule has 0 saturated carbocycles. The Morgan fingerprint density at radius 1 is 1.23 bits per heavy atom. The molecule has 1 aromatic rings. The van der Waals surface area contributed by atoms with Gasteiger partial charge in [0.2, 0.25) is 5.91 Å².